The molecule has 0 heterocycles. The van der Waals surface area contributed by atoms with Crippen LogP contribution in [0.15, 0.2) is 47.4 Å². The molecule has 0 atom stereocenters. The molecule has 1 N–H and O–H groups in total. The van der Waals surface area contributed by atoms with Gasteiger partial charge in [-0.3, -0.25) is 0 Å². The van der Waals surface area contributed by atoms with Crippen LogP contribution in [0.3, 0.4) is 0 Å². The normalized spacial score (nSPS) is 11.2. The summed E-state index contributed by atoms with van der Waals surface area (Å²) in [5, 5.41) is 8.88. The maximum absolute atomic E-state index is 8.88. The third-order valence-corrected chi connectivity index (χ3v) is 4.18. The largest absolute Gasteiger partial charge is 0.396 e. The molecule has 1 nitrogen and oxygen atoms in total. The highest BCUT2D eigenvalue weighted by atomic mass is 32.2. The summed E-state index contributed by atoms with van der Waals surface area (Å²) in [5.41, 5.74) is 5.08. The maximum Gasteiger partial charge on any atom is 0.0525 e. The molecule has 0 aromatic heterocycles. The van der Waals surface area contributed by atoms with Crippen LogP contribution in [-0.4, -0.2) is 17.5 Å². The summed E-state index contributed by atoms with van der Waals surface area (Å²) in [7, 11) is 0. The van der Waals surface area contributed by atoms with E-state index in [0.717, 1.165) is 5.75 Å². The van der Waals surface area contributed by atoms with E-state index in [1.165, 1.54) is 27.1 Å². The van der Waals surface area contributed by atoms with Crippen LogP contribution in [0, 0.1) is 13.8 Å². The second-order valence-electron chi connectivity index (χ2n) is 4.78. The van der Waals surface area contributed by atoms with E-state index in [0.29, 0.717) is 0 Å². The zero-order valence-electron chi connectivity index (χ0n) is 12.0. The first-order chi connectivity index (χ1) is 9.70. The predicted molar refractivity (Wildman–Crippen MR) is 89.1 cm³/mol. The SMILES string of the molecule is Cc1cccc(C)c1C=Cc1cccc(SCCO)c1. The minimum absolute atomic E-state index is 0.215. The zero-order valence-corrected chi connectivity index (χ0v) is 12.8. The maximum atomic E-state index is 8.88. The highest BCUT2D eigenvalue weighted by Crippen LogP contribution is 2.21. The summed E-state index contributed by atoms with van der Waals surface area (Å²) in [4.78, 5) is 1.20. The molecular formula is C18H20OS. The molecule has 0 radical (unpaired) electrons. The van der Waals surface area contributed by atoms with E-state index in [4.69, 9.17) is 5.11 Å². The van der Waals surface area contributed by atoms with Crippen molar-refractivity contribution in [1.82, 2.24) is 0 Å². The molecule has 0 saturated carbocycles. The molecule has 0 fully saturated rings. The number of aliphatic hydroxyl groups is 1. The third-order valence-electron chi connectivity index (χ3n) is 3.20. The van der Waals surface area contributed by atoms with Gasteiger partial charge in [0.25, 0.3) is 0 Å². The molecule has 104 valence electrons. The van der Waals surface area contributed by atoms with Crippen molar-refractivity contribution in [3.8, 4) is 0 Å². The van der Waals surface area contributed by atoms with Crippen molar-refractivity contribution in [2.45, 2.75) is 18.7 Å². The number of hydrogen-bond acceptors (Lipinski definition) is 2. The minimum atomic E-state index is 0.215. The predicted octanol–water partition coefficient (Wildman–Crippen LogP) is 4.56. The Labute approximate surface area is 125 Å². The summed E-state index contributed by atoms with van der Waals surface area (Å²) in [6, 6.07) is 14.8. The van der Waals surface area contributed by atoms with Crippen molar-refractivity contribution >= 4 is 23.9 Å². The zero-order chi connectivity index (χ0) is 14.4. The first-order valence-corrected chi connectivity index (χ1v) is 7.77. The Bertz CT molecular complexity index is 582. The van der Waals surface area contributed by atoms with Gasteiger partial charge in [-0.15, -0.1) is 11.8 Å². The van der Waals surface area contributed by atoms with E-state index < -0.39 is 0 Å². The van der Waals surface area contributed by atoms with Gasteiger partial charge in [0.15, 0.2) is 0 Å². The number of aliphatic hydroxyl groups excluding tert-OH is 1. The van der Waals surface area contributed by atoms with Crippen LogP contribution in [0.2, 0.25) is 0 Å². The average Bonchev–Trinajstić information content (AvgIpc) is 2.45. The molecule has 20 heavy (non-hydrogen) atoms. The second-order valence-corrected chi connectivity index (χ2v) is 5.95. The van der Waals surface area contributed by atoms with Crippen LogP contribution >= 0.6 is 11.8 Å². The number of aryl methyl sites for hydroxylation is 2. The molecule has 0 aliphatic heterocycles. The average molecular weight is 284 g/mol. The number of benzene rings is 2. The molecule has 0 aliphatic carbocycles. The van der Waals surface area contributed by atoms with E-state index >= 15 is 0 Å². The van der Waals surface area contributed by atoms with Crippen LogP contribution in [-0.2, 0) is 0 Å². The number of thioether (sulfide) groups is 1. The van der Waals surface area contributed by atoms with Crippen molar-refractivity contribution in [2.75, 3.05) is 12.4 Å². The first-order valence-electron chi connectivity index (χ1n) is 6.79. The number of rotatable bonds is 5. The Morgan fingerprint density at radius 2 is 1.70 bits per heavy atom. The van der Waals surface area contributed by atoms with Gasteiger partial charge in [-0.25, -0.2) is 0 Å². The lowest BCUT2D eigenvalue weighted by Gasteiger charge is -2.05. The molecule has 2 heteroatoms. The highest BCUT2D eigenvalue weighted by Gasteiger charge is 1.98. The Balaban J connectivity index is 2.19. The number of hydrogen-bond donors (Lipinski definition) is 1. The van der Waals surface area contributed by atoms with Crippen LogP contribution < -0.4 is 0 Å². The second kappa shape index (κ2) is 7.32. The molecular weight excluding hydrogens is 264 g/mol. The molecule has 0 spiro atoms. The summed E-state index contributed by atoms with van der Waals surface area (Å²) >= 11 is 1.68. The quantitative estimate of drug-likeness (QED) is 0.641. The van der Waals surface area contributed by atoms with Crippen LogP contribution in [0.25, 0.3) is 12.2 Å². The minimum Gasteiger partial charge on any atom is -0.396 e. The van der Waals surface area contributed by atoms with Gasteiger partial charge in [0, 0.05) is 10.6 Å². The van der Waals surface area contributed by atoms with Gasteiger partial charge in [-0.2, -0.15) is 0 Å². The van der Waals surface area contributed by atoms with Crippen molar-refractivity contribution < 1.29 is 5.11 Å². The molecule has 0 saturated heterocycles. The van der Waals surface area contributed by atoms with Crippen molar-refractivity contribution in [1.29, 1.82) is 0 Å². The van der Waals surface area contributed by atoms with Gasteiger partial charge in [0.1, 0.15) is 0 Å². The Kier molecular flexibility index (Phi) is 5.45. The summed E-state index contributed by atoms with van der Waals surface area (Å²) in [6.07, 6.45) is 4.33. The lowest BCUT2D eigenvalue weighted by atomic mass is 10.0. The fraction of sp³-hybridized carbons (Fsp3) is 0.222. The molecule has 0 bridgehead atoms. The molecule has 2 aromatic rings. The third kappa shape index (κ3) is 3.99. The summed E-state index contributed by atoms with van der Waals surface area (Å²) in [6.45, 7) is 4.49. The van der Waals surface area contributed by atoms with Gasteiger partial charge in [0.05, 0.1) is 6.61 Å². The lowest BCUT2D eigenvalue weighted by Crippen LogP contribution is -1.86. The van der Waals surface area contributed by atoms with E-state index in [-0.39, 0.29) is 6.61 Å². The monoisotopic (exact) mass is 284 g/mol. The van der Waals surface area contributed by atoms with Gasteiger partial charge in [-0.1, -0.05) is 42.5 Å². The van der Waals surface area contributed by atoms with Crippen LogP contribution in [0.4, 0.5) is 0 Å². The van der Waals surface area contributed by atoms with Gasteiger partial charge >= 0.3 is 0 Å². The fourth-order valence-corrected chi connectivity index (χ4v) is 2.86. The summed E-state index contributed by atoms with van der Waals surface area (Å²) < 4.78 is 0. The molecule has 0 unspecified atom stereocenters. The standard InChI is InChI=1S/C18H20OS/c1-14-5-3-6-15(2)18(14)10-9-16-7-4-8-17(13-16)20-12-11-19/h3-10,13,19H,11-12H2,1-2H3. The Hall–Kier alpha value is -1.51. The lowest BCUT2D eigenvalue weighted by molar-refractivity contribution is 0.322. The Morgan fingerprint density at radius 3 is 2.40 bits per heavy atom. The van der Waals surface area contributed by atoms with E-state index in [9.17, 15) is 0 Å². The Morgan fingerprint density at radius 1 is 1.00 bits per heavy atom. The van der Waals surface area contributed by atoms with Crippen LogP contribution in [0.1, 0.15) is 22.3 Å². The molecule has 0 amide bonds. The molecule has 2 rings (SSSR count). The van der Waals surface area contributed by atoms with Gasteiger partial charge < -0.3 is 5.11 Å². The molecule has 2 aromatic carbocycles. The summed E-state index contributed by atoms with van der Waals surface area (Å²) in [5.74, 6) is 0.740. The van der Waals surface area contributed by atoms with Gasteiger partial charge in [0.2, 0.25) is 0 Å². The van der Waals surface area contributed by atoms with Crippen LogP contribution in [0.5, 0.6) is 0 Å². The molecule has 0 aliphatic rings. The van der Waals surface area contributed by atoms with Crippen molar-refractivity contribution in [3.63, 3.8) is 0 Å². The smallest absolute Gasteiger partial charge is 0.0525 e. The van der Waals surface area contributed by atoms with E-state index in [2.05, 4.69) is 68.5 Å². The van der Waals surface area contributed by atoms with Crippen molar-refractivity contribution in [2.24, 2.45) is 0 Å². The topological polar surface area (TPSA) is 20.2 Å². The van der Waals surface area contributed by atoms with Crippen molar-refractivity contribution in [3.05, 3.63) is 64.7 Å². The fourth-order valence-electron chi connectivity index (χ4n) is 2.14. The van der Waals surface area contributed by atoms with E-state index in [1.54, 1.807) is 11.8 Å². The van der Waals surface area contributed by atoms with Gasteiger partial charge in [-0.05, 0) is 48.2 Å². The van der Waals surface area contributed by atoms with E-state index in [1.807, 2.05) is 0 Å². The highest BCUT2D eigenvalue weighted by molar-refractivity contribution is 7.99. The first kappa shape index (κ1) is 14.9.